The molecule has 0 saturated carbocycles. The first-order valence-corrected chi connectivity index (χ1v) is 15.0. The van der Waals surface area contributed by atoms with E-state index in [0.717, 1.165) is 27.6 Å². The Balaban J connectivity index is 1.35. The zero-order valence-electron chi connectivity index (χ0n) is 25.2. The first-order chi connectivity index (χ1) is 21.8. The third-order valence-corrected chi connectivity index (χ3v) is 7.81. The number of nitrogens with one attached hydrogen (secondary N) is 2. The van der Waals surface area contributed by atoms with Crippen molar-refractivity contribution < 1.29 is 23.1 Å². The Hall–Kier alpha value is -5.37. The van der Waals surface area contributed by atoms with Crippen LogP contribution in [-0.4, -0.2) is 29.9 Å². The van der Waals surface area contributed by atoms with Gasteiger partial charge in [0.2, 0.25) is 0 Å². The number of aromatic amines is 1. The summed E-state index contributed by atoms with van der Waals surface area (Å²) in [7, 11) is 0. The number of benzene rings is 4. The lowest BCUT2D eigenvalue weighted by molar-refractivity contribution is 0.0947. The van der Waals surface area contributed by atoms with Crippen LogP contribution in [0.15, 0.2) is 95.5 Å². The molecule has 2 amide bonds. The Morgan fingerprint density at radius 3 is 2.56 bits per heavy atom. The molecule has 4 aromatic carbocycles. The first kappa shape index (κ1) is 29.7. The van der Waals surface area contributed by atoms with Gasteiger partial charge in [0.15, 0.2) is 0 Å². The highest BCUT2D eigenvalue weighted by molar-refractivity contribution is 6.07. The van der Waals surface area contributed by atoms with Crippen molar-refractivity contribution in [1.29, 1.82) is 0 Å². The summed E-state index contributed by atoms with van der Waals surface area (Å²) in [5.74, 6) is 0.158. The molecule has 0 aliphatic carbocycles. The molecule has 0 bridgehead atoms. The molecular weight excluding hydrogens is 569 g/mol. The molecule has 2 heterocycles. The van der Waals surface area contributed by atoms with E-state index >= 15 is 0 Å². The van der Waals surface area contributed by atoms with E-state index in [9.17, 15) is 14.0 Å². The van der Waals surface area contributed by atoms with Crippen molar-refractivity contribution in [3.8, 4) is 16.9 Å². The second-order valence-electron chi connectivity index (χ2n) is 11.6. The molecule has 228 valence electrons. The van der Waals surface area contributed by atoms with Crippen LogP contribution in [-0.2, 0) is 12.8 Å². The molecule has 0 aliphatic heterocycles. The molecule has 0 unspecified atom stereocenters. The molecule has 6 aromatic rings. The standard InChI is InChI=1S/C37H34FN3O4/c1-22(2)20-41-37(43)25-10-13-32(44-16-15-26-21-40-31-6-4-3-5-28(26)31)29(19-25)24-9-14-33-30(18-24)35(36(39)42)34(45-33)17-23-7-11-27(38)12-8-23/h3-14,18-19,21-22,40H,15-17,20H2,1-2H3,(H2,39,42)(H,41,43). The number of primary amides is 1. The van der Waals surface area contributed by atoms with Gasteiger partial charge in [0.25, 0.3) is 11.8 Å². The maximum atomic E-state index is 13.5. The highest BCUT2D eigenvalue weighted by Crippen LogP contribution is 2.36. The van der Waals surface area contributed by atoms with Crippen molar-refractivity contribution in [3.05, 3.63) is 125 Å². The minimum absolute atomic E-state index is 0.181. The fraction of sp³-hybridized carbons (Fsp3) is 0.189. The quantitative estimate of drug-likeness (QED) is 0.143. The predicted molar refractivity (Wildman–Crippen MR) is 174 cm³/mol. The Morgan fingerprint density at radius 2 is 1.78 bits per heavy atom. The molecule has 0 aliphatic rings. The molecule has 7 nitrogen and oxygen atoms in total. The summed E-state index contributed by atoms with van der Waals surface area (Å²) in [6.45, 7) is 5.04. The van der Waals surface area contributed by atoms with Crippen molar-refractivity contribution in [1.82, 2.24) is 10.3 Å². The number of halogens is 1. The average Bonchev–Trinajstić information content (AvgIpc) is 3.61. The van der Waals surface area contributed by atoms with Gasteiger partial charge in [0, 0.05) is 53.0 Å². The van der Waals surface area contributed by atoms with Crippen molar-refractivity contribution >= 4 is 33.7 Å². The number of aromatic nitrogens is 1. The monoisotopic (exact) mass is 603 g/mol. The van der Waals surface area contributed by atoms with Crippen LogP contribution in [0.2, 0.25) is 0 Å². The van der Waals surface area contributed by atoms with Crippen molar-refractivity contribution in [2.45, 2.75) is 26.7 Å². The van der Waals surface area contributed by atoms with Gasteiger partial charge in [0.1, 0.15) is 22.9 Å². The van der Waals surface area contributed by atoms with Crippen LogP contribution in [0, 0.1) is 11.7 Å². The fourth-order valence-corrected chi connectivity index (χ4v) is 5.53. The van der Waals surface area contributed by atoms with E-state index in [1.807, 2.05) is 56.4 Å². The second-order valence-corrected chi connectivity index (χ2v) is 11.6. The minimum Gasteiger partial charge on any atom is -0.493 e. The Labute approximate surface area is 260 Å². The number of fused-ring (bicyclic) bond motifs is 2. The number of nitrogens with two attached hydrogens (primary N) is 1. The predicted octanol–water partition coefficient (Wildman–Crippen LogP) is 7.42. The maximum Gasteiger partial charge on any atom is 0.252 e. The normalized spacial score (nSPS) is 11.4. The van der Waals surface area contributed by atoms with E-state index in [1.165, 1.54) is 12.1 Å². The number of furan rings is 1. The van der Waals surface area contributed by atoms with Crippen LogP contribution in [0.1, 0.15) is 51.5 Å². The van der Waals surface area contributed by atoms with Gasteiger partial charge in [-0.25, -0.2) is 4.39 Å². The number of ether oxygens (including phenoxy) is 1. The van der Waals surface area contributed by atoms with Crippen LogP contribution in [0.3, 0.4) is 0 Å². The number of H-pyrrole nitrogens is 1. The summed E-state index contributed by atoms with van der Waals surface area (Å²) in [4.78, 5) is 29.0. The van der Waals surface area contributed by atoms with E-state index < -0.39 is 5.91 Å². The zero-order valence-corrected chi connectivity index (χ0v) is 25.2. The van der Waals surface area contributed by atoms with E-state index in [0.29, 0.717) is 59.1 Å². The van der Waals surface area contributed by atoms with Crippen molar-refractivity contribution in [3.63, 3.8) is 0 Å². The average molecular weight is 604 g/mol. The Bertz CT molecular complexity index is 2010. The highest BCUT2D eigenvalue weighted by Gasteiger charge is 2.21. The summed E-state index contributed by atoms with van der Waals surface area (Å²) in [6.07, 6.45) is 2.95. The van der Waals surface area contributed by atoms with Crippen LogP contribution in [0.4, 0.5) is 4.39 Å². The SMILES string of the molecule is CC(C)CNC(=O)c1ccc(OCCc2c[nH]c3ccccc23)c(-c2ccc3oc(Cc4ccc(F)cc4)c(C(N)=O)c3c2)c1. The number of para-hydroxylation sites is 1. The smallest absolute Gasteiger partial charge is 0.252 e. The third kappa shape index (κ3) is 6.45. The summed E-state index contributed by atoms with van der Waals surface area (Å²) in [5, 5.41) is 4.68. The molecule has 0 atom stereocenters. The van der Waals surface area contributed by atoms with Gasteiger partial charge in [-0.15, -0.1) is 0 Å². The number of amides is 2. The number of rotatable bonds is 11. The Morgan fingerprint density at radius 1 is 0.978 bits per heavy atom. The summed E-state index contributed by atoms with van der Waals surface area (Å²) in [5.41, 5.74) is 11.6. The molecule has 0 radical (unpaired) electrons. The molecule has 45 heavy (non-hydrogen) atoms. The lowest BCUT2D eigenvalue weighted by atomic mass is 9.98. The van der Waals surface area contributed by atoms with Crippen LogP contribution < -0.4 is 15.8 Å². The van der Waals surface area contributed by atoms with Crippen molar-refractivity contribution in [2.75, 3.05) is 13.2 Å². The molecule has 8 heteroatoms. The number of hydrogen-bond acceptors (Lipinski definition) is 4. The maximum absolute atomic E-state index is 13.5. The summed E-state index contributed by atoms with van der Waals surface area (Å²) < 4.78 is 25.9. The van der Waals surface area contributed by atoms with Crippen LogP contribution >= 0.6 is 0 Å². The zero-order chi connectivity index (χ0) is 31.5. The minimum atomic E-state index is -0.625. The third-order valence-electron chi connectivity index (χ3n) is 7.81. The molecule has 4 N–H and O–H groups in total. The summed E-state index contributed by atoms with van der Waals surface area (Å²) in [6, 6.07) is 25.0. The topological polar surface area (TPSA) is 110 Å². The highest BCUT2D eigenvalue weighted by atomic mass is 19.1. The second kappa shape index (κ2) is 12.7. The van der Waals surface area contributed by atoms with E-state index in [-0.39, 0.29) is 23.7 Å². The van der Waals surface area contributed by atoms with Gasteiger partial charge in [-0.1, -0.05) is 50.2 Å². The van der Waals surface area contributed by atoms with E-state index in [4.69, 9.17) is 14.9 Å². The van der Waals surface area contributed by atoms with Crippen LogP contribution in [0.5, 0.6) is 5.75 Å². The van der Waals surface area contributed by atoms with Crippen molar-refractivity contribution in [2.24, 2.45) is 11.7 Å². The lowest BCUT2D eigenvalue weighted by Gasteiger charge is -2.14. The molecule has 0 fully saturated rings. The number of carbonyl (C=O) groups excluding carboxylic acids is 2. The van der Waals surface area contributed by atoms with Crippen LogP contribution in [0.25, 0.3) is 33.0 Å². The van der Waals surface area contributed by atoms with E-state index in [2.05, 4.69) is 16.4 Å². The number of hydrogen-bond donors (Lipinski definition) is 3. The van der Waals surface area contributed by atoms with E-state index in [1.54, 1.807) is 30.3 Å². The molecule has 6 rings (SSSR count). The fourth-order valence-electron chi connectivity index (χ4n) is 5.53. The van der Waals surface area contributed by atoms with Gasteiger partial charge >= 0.3 is 0 Å². The Kier molecular flexibility index (Phi) is 8.38. The molecule has 0 spiro atoms. The van der Waals surface area contributed by atoms with Gasteiger partial charge < -0.3 is 25.2 Å². The summed E-state index contributed by atoms with van der Waals surface area (Å²) >= 11 is 0. The van der Waals surface area contributed by atoms with Gasteiger partial charge in [0.05, 0.1) is 12.2 Å². The number of carbonyl (C=O) groups is 2. The van der Waals surface area contributed by atoms with Gasteiger partial charge in [-0.05, 0) is 71.1 Å². The first-order valence-electron chi connectivity index (χ1n) is 15.0. The molecule has 2 aromatic heterocycles. The van der Waals surface area contributed by atoms with Gasteiger partial charge in [-0.2, -0.15) is 0 Å². The van der Waals surface area contributed by atoms with Gasteiger partial charge in [-0.3, -0.25) is 9.59 Å². The molecule has 0 saturated heterocycles. The largest absolute Gasteiger partial charge is 0.493 e. The molecular formula is C37H34FN3O4. The lowest BCUT2D eigenvalue weighted by Crippen LogP contribution is -2.27.